The lowest BCUT2D eigenvalue weighted by atomic mass is 10.1. The molecule has 0 aliphatic carbocycles. The quantitative estimate of drug-likeness (QED) is 0.690. The van der Waals surface area contributed by atoms with Crippen LogP contribution in [-0.2, 0) is 4.79 Å². The number of amides is 1. The second-order valence-electron chi connectivity index (χ2n) is 4.20. The predicted molar refractivity (Wildman–Crippen MR) is 72.5 cm³/mol. The van der Waals surface area contributed by atoms with E-state index in [1.165, 1.54) is 0 Å². The summed E-state index contributed by atoms with van der Waals surface area (Å²) in [5.41, 5.74) is 1.11. The number of halogens is 1. The minimum atomic E-state index is -0.450. The number of alkyl halides is 1. The van der Waals surface area contributed by atoms with E-state index in [2.05, 4.69) is 21.2 Å². The highest BCUT2D eigenvalue weighted by atomic mass is 79.9. The lowest BCUT2D eigenvalue weighted by molar-refractivity contribution is -0.123. The molecule has 2 unspecified atom stereocenters. The van der Waals surface area contributed by atoms with Crippen LogP contribution in [0.15, 0.2) is 18.2 Å². The van der Waals surface area contributed by atoms with Crippen LogP contribution in [0.4, 0.5) is 5.69 Å². The number of rotatable bonds is 3. The summed E-state index contributed by atoms with van der Waals surface area (Å²) in [6.07, 6.45) is 0.166. The molecule has 18 heavy (non-hydrogen) atoms. The maximum atomic E-state index is 11.8. The Balaban J connectivity index is 2.32. The van der Waals surface area contributed by atoms with Crippen LogP contribution in [0.2, 0.25) is 0 Å². The minimum Gasteiger partial charge on any atom is -0.478 e. The highest BCUT2D eigenvalue weighted by molar-refractivity contribution is 9.10. The van der Waals surface area contributed by atoms with Gasteiger partial charge >= 0.3 is 0 Å². The Morgan fingerprint density at radius 2 is 2.28 bits per heavy atom. The molecular formula is C13H14BrNO3. The Morgan fingerprint density at radius 3 is 2.89 bits per heavy atom. The molecule has 1 aromatic carbocycles. The Labute approximate surface area is 114 Å². The zero-order valence-corrected chi connectivity index (χ0v) is 11.8. The fourth-order valence-electron chi connectivity index (χ4n) is 1.80. The summed E-state index contributed by atoms with van der Waals surface area (Å²) in [5, 5.41) is 2.76. The number of ether oxygens (including phenoxy) is 1. The Morgan fingerprint density at radius 1 is 1.56 bits per heavy atom. The van der Waals surface area contributed by atoms with Gasteiger partial charge in [0.1, 0.15) is 5.75 Å². The van der Waals surface area contributed by atoms with Gasteiger partial charge in [-0.05, 0) is 31.5 Å². The van der Waals surface area contributed by atoms with Gasteiger partial charge in [0.15, 0.2) is 11.9 Å². The second kappa shape index (κ2) is 5.10. The van der Waals surface area contributed by atoms with Crippen molar-refractivity contribution in [2.75, 3.05) is 5.32 Å². The number of carbonyl (C=O) groups excluding carboxylic acids is 2. The maximum absolute atomic E-state index is 11.8. The number of fused-ring (bicyclic) bond motifs is 1. The van der Waals surface area contributed by atoms with E-state index in [-0.39, 0.29) is 16.5 Å². The predicted octanol–water partition coefficient (Wildman–Crippen LogP) is 2.76. The summed E-state index contributed by atoms with van der Waals surface area (Å²) >= 11 is 3.24. The third-order valence-electron chi connectivity index (χ3n) is 2.82. The number of ketones is 1. The number of benzene rings is 1. The molecule has 1 N–H and O–H groups in total. The topological polar surface area (TPSA) is 55.4 Å². The highest BCUT2D eigenvalue weighted by Crippen LogP contribution is 2.31. The number of Topliss-reactive ketones (excluding diaryl/α,β-unsaturated/α-hetero) is 1. The average Bonchev–Trinajstić information content (AvgIpc) is 2.36. The van der Waals surface area contributed by atoms with E-state index in [1.54, 1.807) is 25.1 Å². The number of carbonyl (C=O) groups is 2. The van der Waals surface area contributed by atoms with Crippen molar-refractivity contribution < 1.29 is 14.3 Å². The van der Waals surface area contributed by atoms with Crippen molar-refractivity contribution in [2.45, 2.75) is 31.2 Å². The largest absolute Gasteiger partial charge is 0.478 e. The molecule has 1 heterocycles. The van der Waals surface area contributed by atoms with Crippen LogP contribution in [0.3, 0.4) is 0 Å². The molecule has 0 saturated carbocycles. The lowest BCUT2D eigenvalue weighted by Crippen LogP contribution is -2.36. The van der Waals surface area contributed by atoms with Crippen molar-refractivity contribution >= 4 is 33.3 Å². The van der Waals surface area contributed by atoms with Gasteiger partial charge in [0.25, 0.3) is 5.91 Å². The van der Waals surface area contributed by atoms with Crippen LogP contribution in [0.1, 0.15) is 30.6 Å². The third kappa shape index (κ3) is 2.41. The molecule has 2 rings (SSSR count). The smallest absolute Gasteiger partial charge is 0.265 e. The van der Waals surface area contributed by atoms with Gasteiger partial charge in [-0.25, -0.2) is 0 Å². The molecule has 1 aromatic rings. The molecule has 1 amide bonds. The van der Waals surface area contributed by atoms with E-state index < -0.39 is 6.10 Å². The van der Waals surface area contributed by atoms with Gasteiger partial charge in [0, 0.05) is 5.56 Å². The first-order valence-electron chi connectivity index (χ1n) is 5.82. The first-order valence-corrected chi connectivity index (χ1v) is 6.74. The molecule has 1 aliphatic rings. The van der Waals surface area contributed by atoms with Crippen molar-refractivity contribution in [1.82, 2.24) is 0 Å². The first kappa shape index (κ1) is 13.1. The van der Waals surface area contributed by atoms with Crippen molar-refractivity contribution in [1.29, 1.82) is 0 Å². The second-order valence-corrected chi connectivity index (χ2v) is 5.57. The van der Waals surface area contributed by atoms with E-state index in [0.717, 1.165) is 0 Å². The molecule has 0 saturated heterocycles. The van der Waals surface area contributed by atoms with Gasteiger partial charge in [-0.3, -0.25) is 9.59 Å². The van der Waals surface area contributed by atoms with E-state index in [0.29, 0.717) is 23.4 Å². The Hall–Kier alpha value is -1.36. The van der Waals surface area contributed by atoms with Crippen LogP contribution in [0.25, 0.3) is 0 Å². The molecule has 0 aromatic heterocycles. The summed E-state index contributed by atoms with van der Waals surface area (Å²) in [7, 11) is 0. The van der Waals surface area contributed by atoms with Gasteiger partial charge in [-0.15, -0.1) is 0 Å². The molecule has 96 valence electrons. The zero-order chi connectivity index (χ0) is 13.3. The first-order chi connectivity index (χ1) is 8.52. The van der Waals surface area contributed by atoms with Crippen molar-refractivity contribution in [3.8, 4) is 5.75 Å². The fourth-order valence-corrected chi connectivity index (χ4v) is 2.07. The summed E-state index contributed by atoms with van der Waals surface area (Å²) in [6, 6.07) is 5.09. The minimum absolute atomic E-state index is 0.0235. The molecule has 0 spiro atoms. The van der Waals surface area contributed by atoms with Crippen molar-refractivity contribution in [2.24, 2.45) is 0 Å². The Kier molecular flexibility index (Phi) is 3.71. The standard InChI is InChI=1S/C13H14BrNO3/c1-3-10-13(17)15-9-6-8(12(16)7(2)14)4-5-11(9)18-10/h4-7,10H,3H2,1-2H3,(H,15,17). The molecule has 5 heteroatoms. The van der Waals surface area contributed by atoms with Gasteiger partial charge in [0.2, 0.25) is 0 Å². The SMILES string of the molecule is CCC1Oc2ccc(C(=O)C(C)Br)cc2NC1=O. The zero-order valence-electron chi connectivity index (χ0n) is 10.2. The van der Waals surface area contributed by atoms with Crippen LogP contribution < -0.4 is 10.1 Å². The van der Waals surface area contributed by atoms with Crippen LogP contribution in [0.5, 0.6) is 5.75 Å². The molecule has 1 aliphatic heterocycles. The van der Waals surface area contributed by atoms with Crippen LogP contribution >= 0.6 is 15.9 Å². The molecular weight excluding hydrogens is 298 g/mol. The monoisotopic (exact) mass is 311 g/mol. The van der Waals surface area contributed by atoms with E-state index in [9.17, 15) is 9.59 Å². The summed E-state index contributed by atoms with van der Waals surface area (Å²) in [4.78, 5) is 23.3. The molecule has 0 radical (unpaired) electrons. The highest BCUT2D eigenvalue weighted by Gasteiger charge is 2.26. The van der Waals surface area contributed by atoms with Gasteiger partial charge in [0.05, 0.1) is 10.5 Å². The third-order valence-corrected chi connectivity index (χ3v) is 3.23. The van der Waals surface area contributed by atoms with Crippen LogP contribution in [0, 0.1) is 0 Å². The van der Waals surface area contributed by atoms with Crippen LogP contribution in [-0.4, -0.2) is 22.6 Å². The average molecular weight is 312 g/mol. The van der Waals surface area contributed by atoms with Gasteiger partial charge in [-0.2, -0.15) is 0 Å². The van der Waals surface area contributed by atoms with E-state index >= 15 is 0 Å². The normalized spacial score (nSPS) is 19.5. The van der Waals surface area contributed by atoms with Gasteiger partial charge in [-0.1, -0.05) is 22.9 Å². The summed E-state index contributed by atoms with van der Waals surface area (Å²) < 4.78 is 5.55. The number of hydrogen-bond acceptors (Lipinski definition) is 3. The summed E-state index contributed by atoms with van der Waals surface area (Å²) in [6.45, 7) is 3.66. The molecule has 2 atom stereocenters. The molecule has 0 fully saturated rings. The Bertz CT molecular complexity index is 499. The van der Waals surface area contributed by atoms with Crippen molar-refractivity contribution in [3.05, 3.63) is 23.8 Å². The summed E-state index contributed by atoms with van der Waals surface area (Å²) in [5.74, 6) is 0.423. The number of anilines is 1. The van der Waals surface area contributed by atoms with E-state index in [4.69, 9.17) is 4.74 Å². The maximum Gasteiger partial charge on any atom is 0.265 e. The lowest BCUT2D eigenvalue weighted by Gasteiger charge is -2.25. The number of hydrogen-bond donors (Lipinski definition) is 1. The van der Waals surface area contributed by atoms with Crippen molar-refractivity contribution in [3.63, 3.8) is 0 Å². The number of nitrogens with one attached hydrogen (secondary N) is 1. The molecule has 4 nitrogen and oxygen atoms in total. The molecule has 0 bridgehead atoms. The van der Waals surface area contributed by atoms with E-state index in [1.807, 2.05) is 6.92 Å². The van der Waals surface area contributed by atoms with Gasteiger partial charge < -0.3 is 10.1 Å². The fraction of sp³-hybridized carbons (Fsp3) is 0.385.